The van der Waals surface area contributed by atoms with Crippen LogP contribution in [0.3, 0.4) is 0 Å². The minimum atomic E-state index is -1.07. The van der Waals surface area contributed by atoms with Crippen molar-refractivity contribution in [1.82, 2.24) is 9.97 Å². The zero-order valence-corrected chi connectivity index (χ0v) is 6.61. The van der Waals surface area contributed by atoms with Crippen LogP contribution in [0.5, 0.6) is 0 Å². The highest BCUT2D eigenvalue weighted by molar-refractivity contribution is 6.14. The predicted molar refractivity (Wildman–Crippen MR) is 43.4 cm³/mol. The van der Waals surface area contributed by atoms with E-state index in [1.807, 2.05) is 0 Å². The Morgan fingerprint density at radius 2 is 2.08 bits per heavy atom. The molecule has 12 heavy (non-hydrogen) atoms. The Kier molecular flexibility index (Phi) is 2.19. The lowest BCUT2D eigenvalue weighted by Gasteiger charge is -2.00. The van der Waals surface area contributed by atoms with Crippen LogP contribution in [-0.4, -0.2) is 21.0 Å². The summed E-state index contributed by atoms with van der Waals surface area (Å²) in [6.07, 6.45) is 2.95. The highest BCUT2D eigenvalue weighted by Gasteiger charge is 2.10. The van der Waals surface area contributed by atoms with Gasteiger partial charge in [0.2, 0.25) is 0 Å². The fourth-order valence-corrected chi connectivity index (χ4v) is 0.805. The molecular formula is C8H8N2O2. The monoisotopic (exact) mass is 164 g/mol. The van der Waals surface area contributed by atoms with Crippen LogP contribution in [0, 0.1) is 6.92 Å². The van der Waals surface area contributed by atoms with E-state index in [4.69, 9.17) is 5.11 Å². The van der Waals surface area contributed by atoms with Crippen LogP contribution in [0.1, 0.15) is 11.4 Å². The van der Waals surface area contributed by atoms with Crippen LogP contribution in [0.25, 0.3) is 5.57 Å². The second-order valence-corrected chi connectivity index (χ2v) is 2.27. The molecule has 0 bridgehead atoms. The number of aryl methyl sites for hydroxylation is 1. The van der Waals surface area contributed by atoms with Gasteiger partial charge in [-0.05, 0) is 6.92 Å². The summed E-state index contributed by atoms with van der Waals surface area (Å²) >= 11 is 0. The quantitative estimate of drug-likeness (QED) is 0.659. The summed E-state index contributed by atoms with van der Waals surface area (Å²) in [6, 6.07) is 0. The molecule has 0 unspecified atom stereocenters. The molecule has 0 saturated heterocycles. The molecule has 0 atom stereocenters. The number of aromatic nitrogens is 2. The molecule has 4 heteroatoms. The molecule has 1 N–H and O–H groups in total. The summed E-state index contributed by atoms with van der Waals surface area (Å²) in [6.45, 7) is 5.07. The van der Waals surface area contributed by atoms with Crippen molar-refractivity contribution in [2.45, 2.75) is 6.92 Å². The second kappa shape index (κ2) is 3.13. The Morgan fingerprint density at radius 3 is 2.58 bits per heavy atom. The molecule has 0 aromatic carbocycles. The number of carboxylic acid groups (broad SMARTS) is 1. The molecule has 4 nitrogen and oxygen atoms in total. The number of hydrogen-bond acceptors (Lipinski definition) is 3. The van der Waals surface area contributed by atoms with Gasteiger partial charge in [0.25, 0.3) is 0 Å². The van der Waals surface area contributed by atoms with E-state index in [9.17, 15) is 4.79 Å². The van der Waals surface area contributed by atoms with Crippen LogP contribution in [0.4, 0.5) is 0 Å². The maximum absolute atomic E-state index is 10.5. The van der Waals surface area contributed by atoms with E-state index in [0.29, 0.717) is 11.4 Å². The SMILES string of the molecule is C=C(C(=O)O)c1nccnc1C. The van der Waals surface area contributed by atoms with Crippen molar-refractivity contribution in [3.05, 3.63) is 30.4 Å². The van der Waals surface area contributed by atoms with Gasteiger partial charge in [-0.25, -0.2) is 4.79 Å². The molecule has 0 fully saturated rings. The Labute approximate surface area is 69.6 Å². The van der Waals surface area contributed by atoms with Gasteiger partial charge in [-0.2, -0.15) is 0 Å². The average molecular weight is 164 g/mol. The fraction of sp³-hybridized carbons (Fsp3) is 0.125. The summed E-state index contributed by atoms with van der Waals surface area (Å²) in [5.74, 6) is -1.07. The van der Waals surface area contributed by atoms with Crippen LogP contribution in [0.2, 0.25) is 0 Å². The van der Waals surface area contributed by atoms with Gasteiger partial charge in [0.05, 0.1) is 17.0 Å². The van der Waals surface area contributed by atoms with Crippen molar-refractivity contribution in [3.8, 4) is 0 Å². The van der Waals surface area contributed by atoms with Crippen LogP contribution >= 0.6 is 0 Å². The first kappa shape index (κ1) is 8.39. The van der Waals surface area contributed by atoms with E-state index >= 15 is 0 Å². The van der Waals surface area contributed by atoms with Crippen molar-refractivity contribution in [1.29, 1.82) is 0 Å². The number of carbonyl (C=O) groups is 1. The minimum Gasteiger partial charge on any atom is -0.478 e. The first-order valence-electron chi connectivity index (χ1n) is 3.33. The van der Waals surface area contributed by atoms with E-state index in [1.165, 1.54) is 12.4 Å². The summed E-state index contributed by atoms with van der Waals surface area (Å²) in [7, 11) is 0. The molecule has 1 heterocycles. The van der Waals surface area contributed by atoms with E-state index in [0.717, 1.165) is 0 Å². The van der Waals surface area contributed by atoms with Crippen molar-refractivity contribution in [3.63, 3.8) is 0 Å². The number of carboxylic acids is 1. The van der Waals surface area contributed by atoms with Crippen molar-refractivity contribution >= 4 is 11.5 Å². The molecule has 0 saturated carbocycles. The van der Waals surface area contributed by atoms with Gasteiger partial charge in [-0.15, -0.1) is 0 Å². The number of aliphatic carboxylic acids is 1. The molecule has 0 aliphatic carbocycles. The molecule has 0 aliphatic heterocycles. The van der Waals surface area contributed by atoms with Crippen molar-refractivity contribution in [2.24, 2.45) is 0 Å². The lowest BCUT2D eigenvalue weighted by Crippen LogP contribution is -2.03. The smallest absolute Gasteiger partial charge is 0.337 e. The first-order chi connectivity index (χ1) is 5.63. The maximum Gasteiger partial charge on any atom is 0.337 e. The van der Waals surface area contributed by atoms with E-state index in [2.05, 4.69) is 16.5 Å². The maximum atomic E-state index is 10.5. The normalized spacial score (nSPS) is 9.42. The van der Waals surface area contributed by atoms with Gasteiger partial charge >= 0.3 is 5.97 Å². The standard InChI is InChI=1S/C8H8N2O2/c1-5(8(11)12)7-6(2)9-3-4-10-7/h3-4H,1H2,2H3,(H,11,12). The van der Waals surface area contributed by atoms with Gasteiger partial charge in [-0.1, -0.05) is 6.58 Å². The Balaban J connectivity index is 3.11. The molecule has 0 amide bonds. The topological polar surface area (TPSA) is 63.1 Å². The fourth-order valence-electron chi connectivity index (χ4n) is 0.805. The second-order valence-electron chi connectivity index (χ2n) is 2.27. The summed E-state index contributed by atoms with van der Waals surface area (Å²) in [5.41, 5.74) is 0.885. The zero-order chi connectivity index (χ0) is 9.14. The minimum absolute atomic E-state index is 0.0272. The Morgan fingerprint density at radius 1 is 1.50 bits per heavy atom. The van der Waals surface area contributed by atoms with E-state index in [-0.39, 0.29) is 5.57 Å². The largest absolute Gasteiger partial charge is 0.478 e. The van der Waals surface area contributed by atoms with Gasteiger partial charge in [0.15, 0.2) is 0 Å². The van der Waals surface area contributed by atoms with Gasteiger partial charge in [-0.3, -0.25) is 9.97 Å². The van der Waals surface area contributed by atoms with E-state index in [1.54, 1.807) is 6.92 Å². The average Bonchev–Trinajstić information content (AvgIpc) is 2.04. The lowest BCUT2D eigenvalue weighted by molar-refractivity contribution is -0.130. The Bertz CT molecular complexity index is 334. The van der Waals surface area contributed by atoms with E-state index < -0.39 is 5.97 Å². The zero-order valence-electron chi connectivity index (χ0n) is 6.61. The summed E-state index contributed by atoms with van der Waals surface area (Å²) in [4.78, 5) is 18.2. The highest BCUT2D eigenvalue weighted by atomic mass is 16.4. The van der Waals surface area contributed by atoms with Gasteiger partial charge < -0.3 is 5.11 Å². The molecule has 0 spiro atoms. The Hall–Kier alpha value is -1.71. The summed E-state index contributed by atoms with van der Waals surface area (Å²) < 4.78 is 0. The molecule has 1 rings (SSSR count). The van der Waals surface area contributed by atoms with Crippen LogP contribution in [-0.2, 0) is 4.79 Å². The molecular weight excluding hydrogens is 156 g/mol. The number of nitrogens with zero attached hydrogens (tertiary/aromatic N) is 2. The number of hydrogen-bond donors (Lipinski definition) is 1. The molecule has 1 aromatic rings. The predicted octanol–water partition coefficient (Wildman–Crippen LogP) is 0.883. The van der Waals surface area contributed by atoms with Crippen LogP contribution < -0.4 is 0 Å². The molecule has 1 aromatic heterocycles. The highest BCUT2D eigenvalue weighted by Crippen LogP contribution is 2.11. The van der Waals surface area contributed by atoms with Crippen LogP contribution in [0.15, 0.2) is 19.0 Å². The summed E-state index contributed by atoms with van der Waals surface area (Å²) in [5, 5.41) is 8.59. The third kappa shape index (κ3) is 1.47. The lowest BCUT2D eigenvalue weighted by atomic mass is 10.2. The molecule has 0 radical (unpaired) electrons. The van der Waals surface area contributed by atoms with Crippen molar-refractivity contribution in [2.75, 3.05) is 0 Å². The third-order valence-electron chi connectivity index (χ3n) is 1.43. The molecule has 62 valence electrons. The first-order valence-corrected chi connectivity index (χ1v) is 3.33. The van der Waals surface area contributed by atoms with Gasteiger partial charge in [0, 0.05) is 12.4 Å². The number of rotatable bonds is 2. The van der Waals surface area contributed by atoms with Crippen molar-refractivity contribution < 1.29 is 9.90 Å². The third-order valence-corrected chi connectivity index (χ3v) is 1.43. The van der Waals surface area contributed by atoms with Gasteiger partial charge in [0.1, 0.15) is 0 Å². The molecule has 0 aliphatic rings.